The molecule has 1 aliphatic heterocycles. The smallest absolute Gasteiger partial charge is 0.124 e. The van der Waals surface area contributed by atoms with Gasteiger partial charge in [0.25, 0.3) is 0 Å². The van der Waals surface area contributed by atoms with Crippen molar-refractivity contribution in [1.82, 2.24) is 14.9 Å². The lowest BCUT2D eigenvalue weighted by atomic mass is 9.94. The Morgan fingerprint density at radius 1 is 1.25 bits per heavy atom. The molecule has 0 saturated carbocycles. The van der Waals surface area contributed by atoms with Crippen molar-refractivity contribution in [3.05, 3.63) is 59.4 Å². The van der Waals surface area contributed by atoms with Crippen LogP contribution in [0.15, 0.2) is 42.6 Å². The van der Waals surface area contributed by atoms with Crippen molar-refractivity contribution < 1.29 is 9.47 Å². The number of rotatable bonds is 7. The molecule has 3 heterocycles. The molecule has 5 heteroatoms. The molecule has 5 nitrogen and oxygen atoms in total. The standard InChI is InChI=1S/C23H29N3O2/c1-3-28-16-19-12-17(8-9-23(19)27-2)14-26-11-5-6-18(15-26)21-13-22-20(25-21)7-4-10-24-22/h4,7-10,12-13,18,25H,3,5-6,11,14-16H2,1-2H3/t18-/m0/s1. The number of hydrogen-bond donors (Lipinski definition) is 1. The molecule has 0 unspecified atom stereocenters. The summed E-state index contributed by atoms with van der Waals surface area (Å²) in [6.45, 7) is 6.49. The van der Waals surface area contributed by atoms with Gasteiger partial charge in [0.2, 0.25) is 0 Å². The number of H-pyrrole nitrogens is 1. The Morgan fingerprint density at radius 2 is 2.18 bits per heavy atom. The highest BCUT2D eigenvalue weighted by Crippen LogP contribution is 2.30. The zero-order valence-electron chi connectivity index (χ0n) is 16.8. The van der Waals surface area contributed by atoms with E-state index in [1.54, 1.807) is 7.11 Å². The van der Waals surface area contributed by atoms with Crippen LogP contribution in [0.5, 0.6) is 5.75 Å². The first-order chi connectivity index (χ1) is 13.8. The maximum absolute atomic E-state index is 5.61. The number of methoxy groups -OCH3 is 1. The molecule has 0 radical (unpaired) electrons. The number of piperidine rings is 1. The minimum absolute atomic E-state index is 0.532. The van der Waals surface area contributed by atoms with E-state index in [1.807, 2.05) is 19.2 Å². The third-order valence-electron chi connectivity index (χ3n) is 5.57. The summed E-state index contributed by atoms with van der Waals surface area (Å²) in [7, 11) is 1.72. The largest absolute Gasteiger partial charge is 0.496 e. The van der Waals surface area contributed by atoms with Crippen LogP contribution in [-0.2, 0) is 17.9 Å². The zero-order valence-corrected chi connectivity index (χ0v) is 16.8. The maximum Gasteiger partial charge on any atom is 0.124 e. The Morgan fingerprint density at radius 3 is 3.00 bits per heavy atom. The average Bonchev–Trinajstić information content (AvgIpc) is 3.17. The minimum Gasteiger partial charge on any atom is -0.496 e. The molecule has 28 heavy (non-hydrogen) atoms. The molecule has 1 fully saturated rings. The highest BCUT2D eigenvalue weighted by atomic mass is 16.5. The monoisotopic (exact) mass is 379 g/mol. The van der Waals surface area contributed by atoms with Crippen molar-refractivity contribution in [1.29, 1.82) is 0 Å². The molecule has 0 aliphatic carbocycles. The lowest BCUT2D eigenvalue weighted by Gasteiger charge is -2.32. The molecule has 1 atom stereocenters. The fourth-order valence-electron chi connectivity index (χ4n) is 4.16. The summed E-state index contributed by atoms with van der Waals surface area (Å²) in [4.78, 5) is 10.6. The number of benzene rings is 1. The molecule has 0 bridgehead atoms. The van der Waals surface area contributed by atoms with Crippen molar-refractivity contribution >= 4 is 11.0 Å². The van der Waals surface area contributed by atoms with E-state index in [0.717, 1.165) is 42.0 Å². The van der Waals surface area contributed by atoms with Crippen LogP contribution in [0.2, 0.25) is 0 Å². The first-order valence-corrected chi connectivity index (χ1v) is 10.2. The fourth-order valence-corrected chi connectivity index (χ4v) is 4.16. The van der Waals surface area contributed by atoms with Crippen molar-refractivity contribution in [3.8, 4) is 5.75 Å². The fraction of sp³-hybridized carbons (Fsp3) is 0.435. The van der Waals surface area contributed by atoms with Crippen LogP contribution in [0.25, 0.3) is 11.0 Å². The van der Waals surface area contributed by atoms with Crippen LogP contribution < -0.4 is 4.74 Å². The minimum atomic E-state index is 0.532. The van der Waals surface area contributed by atoms with Crippen molar-refractivity contribution in [3.63, 3.8) is 0 Å². The molecule has 0 amide bonds. The van der Waals surface area contributed by atoms with Gasteiger partial charge in [-0.25, -0.2) is 0 Å². The topological polar surface area (TPSA) is 50.4 Å². The number of hydrogen-bond acceptors (Lipinski definition) is 4. The van der Waals surface area contributed by atoms with Crippen LogP contribution in [0.4, 0.5) is 0 Å². The van der Waals surface area contributed by atoms with Gasteiger partial charge in [-0.3, -0.25) is 9.88 Å². The van der Waals surface area contributed by atoms with Crippen LogP contribution in [0.1, 0.15) is 42.5 Å². The molecule has 3 aromatic rings. The Balaban J connectivity index is 1.46. The quantitative estimate of drug-likeness (QED) is 0.657. The SMILES string of the molecule is CCOCc1cc(CN2CCC[C@H](c3cc4ncccc4[nH]3)C2)ccc1OC. The van der Waals surface area contributed by atoms with E-state index in [4.69, 9.17) is 9.47 Å². The van der Waals surface area contributed by atoms with E-state index in [-0.39, 0.29) is 0 Å². The molecule has 0 spiro atoms. The highest BCUT2D eigenvalue weighted by Gasteiger charge is 2.23. The van der Waals surface area contributed by atoms with Crippen LogP contribution in [-0.4, -0.2) is 41.7 Å². The molecule has 1 aliphatic rings. The summed E-state index contributed by atoms with van der Waals surface area (Å²) in [5.41, 5.74) is 5.94. The Hall–Kier alpha value is -2.37. The van der Waals surface area contributed by atoms with Crippen molar-refractivity contribution in [2.45, 2.75) is 38.8 Å². The van der Waals surface area contributed by atoms with Crippen molar-refractivity contribution in [2.75, 3.05) is 26.8 Å². The van der Waals surface area contributed by atoms with Gasteiger partial charge < -0.3 is 14.5 Å². The number of nitrogens with one attached hydrogen (secondary N) is 1. The Labute approximate surface area is 166 Å². The highest BCUT2D eigenvalue weighted by molar-refractivity contribution is 5.75. The van der Waals surface area contributed by atoms with Crippen LogP contribution >= 0.6 is 0 Å². The van der Waals surface area contributed by atoms with E-state index >= 15 is 0 Å². The van der Waals surface area contributed by atoms with E-state index < -0.39 is 0 Å². The third-order valence-corrected chi connectivity index (χ3v) is 5.57. The second-order valence-corrected chi connectivity index (χ2v) is 7.52. The van der Waals surface area contributed by atoms with Gasteiger partial charge in [-0.1, -0.05) is 6.07 Å². The van der Waals surface area contributed by atoms with Crippen LogP contribution in [0.3, 0.4) is 0 Å². The van der Waals surface area contributed by atoms with E-state index in [9.17, 15) is 0 Å². The van der Waals surface area contributed by atoms with Gasteiger partial charge in [-0.15, -0.1) is 0 Å². The average molecular weight is 380 g/mol. The van der Waals surface area contributed by atoms with Gasteiger partial charge in [-0.05, 0) is 62.2 Å². The lowest BCUT2D eigenvalue weighted by molar-refractivity contribution is 0.131. The van der Waals surface area contributed by atoms with Gasteiger partial charge in [-0.2, -0.15) is 0 Å². The second-order valence-electron chi connectivity index (χ2n) is 7.52. The predicted molar refractivity (Wildman–Crippen MR) is 112 cm³/mol. The molecule has 1 saturated heterocycles. The molecule has 1 aromatic carbocycles. The first-order valence-electron chi connectivity index (χ1n) is 10.2. The number of aromatic amines is 1. The van der Waals surface area contributed by atoms with Gasteiger partial charge in [0.1, 0.15) is 5.75 Å². The zero-order chi connectivity index (χ0) is 19.3. The molecule has 148 valence electrons. The number of fused-ring (bicyclic) bond motifs is 1. The molecule has 1 N–H and O–H groups in total. The van der Waals surface area contributed by atoms with Gasteiger partial charge >= 0.3 is 0 Å². The maximum atomic E-state index is 5.61. The lowest BCUT2D eigenvalue weighted by Crippen LogP contribution is -2.34. The molecule has 4 rings (SSSR count). The van der Waals surface area contributed by atoms with Gasteiger partial charge in [0, 0.05) is 43.1 Å². The summed E-state index contributed by atoms with van der Waals surface area (Å²) in [6.07, 6.45) is 4.30. The summed E-state index contributed by atoms with van der Waals surface area (Å²) in [6, 6.07) is 12.8. The number of aromatic nitrogens is 2. The molecular weight excluding hydrogens is 350 g/mol. The predicted octanol–water partition coefficient (Wildman–Crippen LogP) is 4.49. The summed E-state index contributed by atoms with van der Waals surface area (Å²) >= 11 is 0. The summed E-state index contributed by atoms with van der Waals surface area (Å²) in [5, 5.41) is 0. The van der Waals surface area contributed by atoms with Crippen LogP contribution in [0, 0.1) is 0 Å². The van der Waals surface area contributed by atoms with E-state index in [0.29, 0.717) is 19.1 Å². The normalized spacial score (nSPS) is 17.9. The number of pyridine rings is 1. The molecular formula is C23H29N3O2. The third kappa shape index (κ3) is 4.21. The summed E-state index contributed by atoms with van der Waals surface area (Å²) in [5.74, 6) is 1.43. The second kappa shape index (κ2) is 8.76. The summed E-state index contributed by atoms with van der Waals surface area (Å²) < 4.78 is 11.1. The number of ether oxygens (including phenoxy) is 2. The number of likely N-dealkylation sites (tertiary alicyclic amines) is 1. The number of nitrogens with zero attached hydrogens (tertiary/aromatic N) is 2. The Kier molecular flexibility index (Phi) is 5.93. The Bertz CT molecular complexity index is 888. The van der Waals surface area contributed by atoms with Crippen molar-refractivity contribution in [2.24, 2.45) is 0 Å². The van der Waals surface area contributed by atoms with E-state index in [2.05, 4.69) is 45.2 Å². The molecule has 2 aromatic heterocycles. The van der Waals surface area contributed by atoms with Gasteiger partial charge in [0.05, 0.1) is 24.8 Å². The van der Waals surface area contributed by atoms with Gasteiger partial charge in [0.15, 0.2) is 0 Å². The van der Waals surface area contributed by atoms with E-state index in [1.165, 1.54) is 24.1 Å². The first kappa shape index (κ1) is 19.0.